The molecule has 1 aliphatic carbocycles. The van der Waals surface area contributed by atoms with Gasteiger partial charge < -0.3 is 5.73 Å². The normalized spacial score (nSPS) is 24.7. The Morgan fingerprint density at radius 2 is 2.35 bits per heavy atom. The zero-order valence-corrected chi connectivity index (χ0v) is 10.8. The molecule has 5 heteroatoms. The topological polar surface area (TPSA) is 60.0 Å². The molecule has 17 heavy (non-hydrogen) atoms. The summed E-state index contributed by atoms with van der Waals surface area (Å²) in [5.41, 5.74) is 6.91. The van der Waals surface area contributed by atoms with E-state index in [0.717, 1.165) is 25.3 Å². The highest BCUT2D eigenvalue weighted by molar-refractivity contribution is 4.95. The van der Waals surface area contributed by atoms with Crippen molar-refractivity contribution in [3.8, 4) is 0 Å². The Hall–Kier alpha value is -0.940. The summed E-state index contributed by atoms with van der Waals surface area (Å²) < 4.78 is 1.76. The fourth-order valence-electron chi connectivity index (χ4n) is 2.91. The van der Waals surface area contributed by atoms with Crippen LogP contribution >= 0.6 is 0 Å². The molecule has 0 aliphatic heterocycles. The smallest absolute Gasteiger partial charge is 0.0967 e. The van der Waals surface area contributed by atoms with E-state index < -0.39 is 0 Å². The number of hydrogen-bond acceptors (Lipinski definition) is 4. The molecule has 1 saturated carbocycles. The first-order valence-corrected chi connectivity index (χ1v) is 6.54. The number of hydrogen-bond donors (Lipinski definition) is 1. The number of aryl methyl sites for hydroxylation is 1. The van der Waals surface area contributed by atoms with Gasteiger partial charge in [0, 0.05) is 25.8 Å². The van der Waals surface area contributed by atoms with Crippen LogP contribution in [0.4, 0.5) is 0 Å². The molecule has 2 unspecified atom stereocenters. The van der Waals surface area contributed by atoms with Crippen LogP contribution in [-0.4, -0.2) is 39.0 Å². The Morgan fingerprint density at radius 1 is 1.53 bits per heavy atom. The van der Waals surface area contributed by atoms with Crippen LogP contribution in [0.1, 0.15) is 31.9 Å². The van der Waals surface area contributed by atoms with Gasteiger partial charge in [-0.05, 0) is 31.8 Å². The van der Waals surface area contributed by atoms with Gasteiger partial charge in [0.05, 0.1) is 5.69 Å². The number of nitrogens with zero attached hydrogens (tertiary/aromatic N) is 4. The molecule has 2 atom stereocenters. The summed E-state index contributed by atoms with van der Waals surface area (Å²) in [6.45, 7) is 4.97. The third-order valence-corrected chi connectivity index (χ3v) is 3.81. The third-order valence-electron chi connectivity index (χ3n) is 3.81. The highest BCUT2D eigenvalue weighted by Crippen LogP contribution is 2.29. The minimum Gasteiger partial charge on any atom is -0.330 e. The molecule has 96 valence electrons. The fourth-order valence-corrected chi connectivity index (χ4v) is 2.91. The van der Waals surface area contributed by atoms with E-state index in [4.69, 9.17) is 5.73 Å². The molecule has 0 radical (unpaired) electrons. The fraction of sp³-hybridized carbons (Fsp3) is 0.833. The lowest BCUT2D eigenvalue weighted by Gasteiger charge is -2.30. The monoisotopic (exact) mass is 237 g/mol. The van der Waals surface area contributed by atoms with Crippen molar-refractivity contribution in [2.24, 2.45) is 18.7 Å². The van der Waals surface area contributed by atoms with E-state index in [1.807, 2.05) is 13.2 Å². The maximum atomic E-state index is 5.86. The van der Waals surface area contributed by atoms with E-state index >= 15 is 0 Å². The van der Waals surface area contributed by atoms with Crippen LogP contribution in [0.15, 0.2) is 6.20 Å². The van der Waals surface area contributed by atoms with E-state index in [-0.39, 0.29) is 0 Å². The van der Waals surface area contributed by atoms with E-state index in [2.05, 4.69) is 22.1 Å². The van der Waals surface area contributed by atoms with Crippen molar-refractivity contribution in [3.05, 3.63) is 11.9 Å². The van der Waals surface area contributed by atoms with Crippen molar-refractivity contribution < 1.29 is 0 Å². The first-order valence-electron chi connectivity index (χ1n) is 6.54. The molecule has 1 aliphatic rings. The molecule has 1 heterocycles. The summed E-state index contributed by atoms with van der Waals surface area (Å²) in [5, 5.41) is 8.15. The van der Waals surface area contributed by atoms with Gasteiger partial charge in [-0.25, -0.2) is 0 Å². The molecule has 0 bridgehead atoms. The van der Waals surface area contributed by atoms with E-state index in [1.54, 1.807) is 4.68 Å². The Morgan fingerprint density at radius 3 is 2.94 bits per heavy atom. The standard InChI is InChI=1S/C12H23N5/c1-3-17(9-11-8-16(2)15-14-11)12-6-4-5-10(12)7-13/h8,10,12H,3-7,9,13H2,1-2H3. The number of nitrogens with two attached hydrogens (primary N) is 1. The van der Waals surface area contributed by atoms with Gasteiger partial charge in [0.1, 0.15) is 0 Å². The molecular weight excluding hydrogens is 214 g/mol. The quantitative estimate of drug-likeness (QED) is 0.821. The van der Waals surface area contributed by atoms with Crippen molar-refractivity contribution in [2.45, 2.75) is 38.8 Å². The Kier molecular flexibility index (Phi) is 4.12. The zero-order chi connectivity index (χ0) is 12.3. The van der Waals surface area contributed by atoms with Crippen molar-refractivity contribution in [1.29, 1.82) is 0 Å². The number of rotatable bonds is 5. The molecule has 5 nitrogen and oxygen atoms in total. The van der Waals surface area contributed by atoms with Crippen LogP contribution < -0.4 is 5.73 Å². The van der Waals surface area contributed by atoms with Crippen LogP contribution in [-0.2, 0) is 13.6 Å². The maximum Gasteiger partial charge on any atom is 0.0967 e. The van der Waals surface area contributed by atoms with Gasteiger partial charge >= 0.3 is 0 Å². The van der Waals surface area contributed by atoms with E-state index in [9.17, 15) is 0 Å². The summed E-state index contributed by atoms with van der Waals surface area (Å²) in [5.74, 6) is 0.659. The first-order chi connectivity index (χ1) is 8.24. The molecule has 0 spiro atoms. The molecule has 0 amide bonds. The second-order valence-electron chi connectivity index (χ2n) is 4.94. The van der Waals surface area contributed by atoms with Gasteiger partial charge in [-0.15, -0.1) is 5.10 Å². The van der Waals surface area contributed by atoms with Crippen molar-refractivity contribution in [2.75, 3.05) is 13.1 Å². The van der Waals surface area contributed by atoms with E-state index in [1.165, 1.54) is 19.3 Å². The number of aromatic nitrogens is 3. The minimum atomic E-state index is 0.631. The van der Waals surface area contributed by atoms with Gasteiger partial charge in [-0.3, -0.25) is 9.58 Å². The Bertz CT molecular complexity index is 348. The summed E-state index contributed by atoms with van der Waals surface area (Å²) in [6.07, 6.45) is 5.85. The highest BCUT2D eigenvalue weighted by atomic mass is 15.4. The molecule has 2 N–H and O–H groups in total. The summed E-state index contributed by atoms with van der Waals surface area (Å²) in [4.78, 5) is 2.49. The van der Waals surface area contributed by atoms with Crippen LogP contribution in [0.2, 0.25) is 0 Å². The summed E-state index contributed by atoms with van der Waals surface area (Å²) >= 11 is 0. The lowest BCUT2D eigenvalue weighted by atomic mass is 10.0. The van der Waals surface area contributed by atoms with Crippen molar-refractivity contribution in [1.82, 2.24) is 19.9 Å². The lowest BCUT2D eigenvalue weighted by molar-refractivity contribution is 0.160. The largest absolute Gasteiger partial charge is 0.330 e. The van der Waals surface area contributed by atoms with Crippen LogP contribution in [0, 0.1) is 5.92 Å². The maximum absolute atomic E-state index is 5.86. The summed E-state index contributed by atoms with van der Waals surface area (Å²) in [6, 6.07) is 0.631. The molecule has 1 aromatic heterocycles. The first kappa shape index (κ1) is 12.5. The van der Waals surface area contributed by atoms with Crippen molar-refractivity contribution >= 4 is 0 Å². The minimum absolute atomic E-state index is 0.631. The molecule has 1 aromatic rings. The Labute approximate surface area is 103 Å². The van der Waals surface area contributed by atoms with Gasteiger partial charge in [-0.2, -0.15) is 0 Å². The Balaban J connectivity index is 2.00. The molecule has 1 fully saturated rings. The average molecular weight is 237 g/mol. The van der Waals surface area contributed by atoms with Crippen LogP contribution in [0.3, 0.4) is 0 Å². The van der Waals surface area contributed by atoms with Crippen molar-refractivity contribution in [3.63, 3.8) is 0 Å². The van der Waals surface area contributed by atoms with Gasteiger partial charge in [0.15, 0.2) is 0 Å². The van der Waals surface area contributed by atoms with Gasteiger partial charge in [-0.1, -0.05) is 18.6 Å². The molecule has 0 saturated heterocycles. The van der Waals surface area contributed by atoms with E-state index in [0.29, 0.717) is 12.0 Å². The SMILES string of the molecule is CCN(Cc1cn(C)nn1)C1CCCC1CN. The zero-order valence-electron chi connectivity index (χ0n) is 10.8. The van der Waals surface area contributed by atoms with Gasteiger partial charge in [0.25, 0.3) is 0 Å². The highest BCUT2D eigenvalue weighted by Gasteiger charge is 2.30. The third kappa shape index (κ3) is 2.84. The average Bonchev–Trinajstić information content (AvgIpc) is 2.94. The summed E-state index contributed by atoms with van der Waals surface area (Å²) in [7, 11) is 1.91. The lowest BCUT2D eigenvalue weighted by Crippen LogP contribution is -2.39. The molecular formula is C12H23N5. The molecule has 2 rings (SSSR count). The second kappa shape index (κ2) is 5.60. The predicted octanol–water partition coefficient (Wildman–Crippen LogP) is 0.764. The van der Waals surface area contributed by atoms with Gasteiger partial charge in [0.2, 0.25) is 0 Å². The van der Waals surface area contributed by atoms with Crippen LogP contribution in [0.25, 0.3) is 0 Å². The second-order valence-corrected chi connectivity index (χ2v) is 4.94. The van der Waals surface area contributed by atoms with Crippen LogP contribution in [0.5, 0.6) is 0 Å². The predicted molar refractivity (Wildman–Crippen MR) is 67.3 cm³/mol. The molecule has 0 aromatic carbocycles.